The van der Waals surface area contributed by atoms with Gasteiger partial charge in [-0.05, 0) is 119 Å². The Kier molecular flexibility index (Phi) is 12.5. The van der Waals surface area contributed by atoms with Crippen LogP contribution in [0.15, 0.2) is 84.9 Å². The van der Waals surface area contributed by atoms with E-state index in [1.54, 1.807) is 0 Å². The van der Waals surface area contributed by atoms with Crippen LogP contribution in [-0.4, -0.2) is 11.2 Å². The molecule has 0 radical (unpaired) electrons. The van der Waals surface area contributed by atoms with Crippen LogP contribution < -0.4 is 0 Å². The third-order valence-electron chi connectivity index (χ3n) is 6.62. The molecule has 0 N–H and O–H groups in total. The van der Waals surface area contributed by atoms with Gasteiger partial charge in [0.1, 0.15) is 22.4 Å². The molecule has 0 aliphatic rings. The predicted molar refractivity (Wildman–Crippen MR) is 177 cm³/mol. The summed E-state index contributed by atoms with van der Waals surface area (Å²) in [4.78, 5) is 34.1. The van der Waals surface area contributed by atoms with Crippen molar-refractivity contribution in [3.8, 4) is 0 Å². The van der Waals surface area contributed by atoms with E-state index in [-0.39, 0.29) is 11.2 Å². The van der Waals surface area contributed by atoms with Crippen LogP contribution in [-0.2, 0) is 51.7 Å². The van der Waals surface area contributed by atoms with Gasteiger partial charge in [0.2, 0.25) is 0 Å². The van der Waals surface area contributed by atoms with Gasteiger partial charge in [-0.15, -0.1) is 0 Å². The van der Waals surface area contributed by atoms with Crippen molar-refractivity contribution in [2.75, 3.05) is 0 Å². The van der Waals surface area contributed by atoms with Crippen LogP contribution >= 0.6 is 0 Å². The standard InChI is InChI=1S/C20H34O4.C18H22O2/c1-17(2,3)21-23-19(7,8)15-13-11-12-14-16(15)20(9,10)24-22-18(4,5)6;1-17(2,15-11-7-5-8-12-15)19-20-18(3,4)16-13-9-6-10-14-16/h11-14H,1-10H3;5-14H,1-4H3. The molecular weight excluding hydrogens is 552 g/mol. The van der Waals surface area contributed by atoms with Gasteiger partial charge in [0, 0.05) is 0 Å². The highest BCUT2D eigenvalue weighted by atomic mass is 17.2. The summed E-state index contributed by atoms with van der Waals surface area (Å²) in [6.07, 6.45) is 0. The van der Waals surface area contributed by atoms with Crippen molar-refractivity contribution in [2.45, 2.75) is 131 Å². The maximum atomic E-state index is 5.76. The molecule has 0 amide bonds. The Hall–Kier alpha value is -2.58. The summed E-state index contributed by atoms with van der Waals surface area (Å²) >= 11 is 0. The lowest BCUT2D eigenvalue weighted by Crippen LogP contribution is -2.34. The molecule has 0 atom stereocenters. The Bertz CT molecular complexity index is 1170. The topological polar surface area (TPSA) is 55.4 Å². The van der Waals surface area contributed by atoms with Crippen molar-refractivity contribution < 1.29 is 29.3 Å². The first kappa shape index (κ1) is 37.6. The van der Waals surface area contributed by atoms with E-state index in [0.29, 0.717) is 0 Å². The van der Waals surface area contributed by atoms with Crippen LogP contribution in [0.4, 0.5) is 0 Å². The normalized spacial score (nSPS) is 13.3. The Balaban J connectivity index is 0.000000311. The molecule has 6 heteroatoms. The van der Waals surface area contributed by atoms with Crippen LogP contribution in [0.3, 0.4) is 0 Å². The zero-order valence-electron chi connectivity index (χ0n) is 29.5. The fraction of sp³-hybridized carbons (Fsp3) is 0.526. The molecule has 0 fully saturated rings. The Labute approximate surface area is 266 Å². The van der Waals surface area contributed by atoms with Gasteiger partial charge in [-0.2, -0.15) is 0 Å². The molecule has 3 aromatic carbocycles. The summed E-state index contributed by atoms with van der Waals surface area (Å²) in [6.45, 7) is 27.7. The molecule has 244 valence electrons. The van der Waals surface area contributed by atoms with E-state index in [9.17, 15) is 0 Å². The lowest BCUT2D eigenvalue weighted by Gasteiger charge is -2.35. The molecule has 6 nitrogen and oxygen atoms in total. The summed E-state index contributed by atoms with van der Waals surface area (Å²) in [6, 6.07) is 28.2. The molecule has 3 aromatic rings. The maximum absolute atomic E-state index is 5.76. The Morgan fingerprint density at radius 2 is 0.545 bits per heavy atom. The lowest BCUT2D eigenvalue weighted by molar-refractivity contribution is -0.410. The van der Waals surface area contributed by atoms with E-state index >= 15 is 0 Å². The van der Waals surface area contributed by atoms with Gasteiger partial charge >= 0.3 is 0 Å². The third-order valence-corrected chi connectivity index (χ3v) is 6.62. The monoisotopic (exact) mass is 608 g/mol. The minimum absolute atomic E-state index is 0.381. The lowest BCUT2D eigenvalue weighted by atomic mass is 9.85. The van der Waals surface area contributed by atoms with Gasteiger partial charge < -0.3 is 0 Å². The second kappa shape index (κ2) is 14.7. The number of rotatable bonds is 11. The minimum atomic E-state index is -0.633. The number of benzene rings is 3. The van der Waals surface area contributed by atoms with E-state index < -0.39 is 22.4 Å². The van der Waals surface area contributed by atoms with Gasteiger partial charge in [-0.1, -0.05) is 84.9 Å². The quantitative estimate of drug-likeness (QED) is 0.159. The Morgan fingerprint density at radius 3 is 0.818 bits per heavy atom. The molecule has 0 heterocycles. The Morgan fingerprint density at radius 1 is 0.295 bits per heavy atom. The SMILES string of the molecule is CC(C)(C)OOC(C)(C)c1ccccc1C(C)(C)OOC(C)(C)C.CC(C)(OOC(C)(C)c1ccccc1)c1ccccc1. The largest absolute Gasteiger partial charge is 0.230 e. The first-order valence-corrected chi connectivity index (χ1v) is 15.4. The second-order valence-electron chi connectivity index (χ2n) is 15.0. The average molecular weight is 609 g/mol. The van der Waals surface area contributed by atoms with Gasteiger partial charge in [0.05, 0.1) is 11.2 Å². The molecule has 0 aromatic heterocycles. The molecule has 3 rings (SSSR count). The van der Waals surface area contributed by atoms with Crippen molar-refractivity contribution in [3.63, 3.8) is 0 Å². The van der Waals surface area contributed by atoms with Crippen molar-refractivity contribution in [1.82, 2.24) is 0 Å². The molecule has 0 spiro atoms. The van der Waals surface area contributed by atoms with Gasteiger partial charge in [-0.3, -0.25) is 0 Å². The third kappa shape index (κ3) is 12.1. The van der Waals surface area contributed by atoms with E-state index in [1.807, 2.05) is 182 Å². The second-order valence-corrected chi connectivity index (χ2v) is 15.0. The highest BCUT2D eigenvalue weighted by Gasteiger charge is 2.35. The van der Waals surface area contributed by atoms with Gasteiger partial charge in [0.15, 0.2) is 0 Å². The molecule has 0 aliphatic heterocycles. The summed E-state index contributed by atoms with van der Waals surface area (Å²) in [5.74, 6) is 0. The van der Waals surface area contributed by atoms with Crippen LogP contribution in [0.25, 0.3) is 0 Å². The van der Waals surface area contributed by atoms with Gasteiger partial charge in [-0.25, -0.2) is 29.3 Å². The zero-order valence-corrected chi connectivity index (χ0v) is 29.5. The van der Waals surface area contributed by atoms with E-state index in [0.717, 1.165) is 22.3 Å². The minimum Gasteiger partial charge on any atom is -0.230 e. The summed E-state index contributed by atoms with van der Waals surface area (Å²) < 4.78 is 0. The molecule has 44 heavy (non-hydrogen) atoms. The summed E-state index contributed by atoms with van der Waals surface area (Å²) in [5.41, 5.74) is 1.15. The molecule has 0 bridgehead atoms. The molecule has 0 saturated heterocycles. The van der Waals surface area contributed by atoms with Gasteiger partial charge in [0.25, 0.3) is 0 Å². The molecule has 0 saturated carbocycles. The van der Waals surface area contributed by atoms with E-state index in [2.05, 4.69) is 0 Å². The van der Waals surface area contributed by atoms with Crippen LogP contribution in [0.1, 0.15) is 119 Å². The van der Waals surface area contributed by atoms with Crippen molar-refractivity contribution in [2.24, 2.45) is 0 Å². The van der Waals surface area contributed by atoms with Crippen molar-refractivity contribution >= 4 is 0 Å². The summed E-state index contributed by atoms with van der Waals surface area (Å²) in [7, 11) is 0. The summed E-state index contributed by atoms with van der Waals surface area (Å²) in [5, 5.41) is 0. The average Bonchev–Trinajstić information content (AvgIpc) is 2.95. The fourth-order valence-corrected chi connectivity index (χ4v) is 4.06. The van der Waals surface area contributed by atoms with Crippen LogP contribution in [0, 0.1) is 0 Å². The first-order chi connectivity index (χ1) is 20.1. The van der Waals surface area contributed by atoms with Crippen molar-refractivity contribution in [1.29, 1.82) is 0 Å². The molecular formula is C38H56O6. The van der Waals surface area contributed by atoms with Crippen LogP contribution in [0.5, 0.6) is 0 Å². The number of hydrogen-bond acceptors (Lipinski definition) is 6. The van der Waals surface area contributed by atoms with Crippen LogP contribution in [0.2, 0.25) is 0 Å². The maximum Gasteiger partial charge on any atom is 0.123 e. The smallest absolute Gasteiger partial charge is 0.123 e. The zero-order chi connectivity index (χ0) is 33.5. The van der Waals surface area contributed by atoms with Crippen molar-refractivity contribution in [3.05, 3.63) is 107 Å². The molecule has 0 unspecified atom stereocenters. The highest BCUT2D eigenvalue weighted by molar-refractivity contribution is 5.35. The fourth-order valence-electron chi connectivity index (χ4n) is 4.06. The predicted octanol–water partition coefficient (Wildman–Crippen LogP) is 10.5. The first-order valence-electron chi connectivity index (χ1n) is 15.4. The highest BCUT2D eigenvalue weighted by Crippen LogP contribution is 2.37. The van der Waals surface area contributed by atoms with E-state index in [4.69, 9.17) is 29.3 Å². The number of hydrogen-bond donors (Lipinski definition) is 0. The molecule has 0 aliphatic carbocycles. The van der Waals surface area contributed by atoms with E-state index in [1.165, 1.54) is 0 Å².